The minimum atomic E-state index is -0.711. The van der Waals surface area contributed by atoms with E-state index in [1.54, 1.807) is 18.3 Å². The molecule has 7 nitrogen and oxygen atoms in total. The molecule has 3 rings (SSSR count). The third-order valence-electron chi connectivity index (χ3n) is 4.60. The highest BCUT2D eigenvalue weighted by Crippen LogP contribution is 2.19. The maximum atomic E-state index is 13.5. The number of rotatable bonds is 6. The van der Waals surface area contributed by atoms with Crippen LogP contribution in [-0.2, 0) is 11.3 Å². The van der Waals surface area contributed by atoms with Crippen LogP contribution < -0.4 is 10.6 Å². The number of hydrogen-bond donors (Lipinski definition) is 2. The first-order valence-corrected chi connectivity index (χ1v) is 9.78. The number of benzene rings is 2. The summed E-state index contributed by atoms with van der Waals surface area (Å²) in [5.41, 5.74) is 0.447. The second-order valence-electron chi connectivity index (χ2n) is 6.78. The number of urea groups is 1. The van der Waals surface area contributed by atoms with E-state index >= 15 is 0 Å². The van der Waals surface area contributed by atoms with E-state index in [1.165, 1.54) is 24.1 Å². The molecule has 1 atom stereocenters. The molecular weight excluding hydrogens is 423 g/mol. The van der Waals surface area contributed by atoms with Crippen molar-refractivity contribution in [1.29, 1.82) is 0 Å². The molecule has 0 bridgehead atoms. The number of amides is 3. The Labute approximate surface area is 184 Å². The molecular formula is C22H21ClFN4O3. The molecule has 3 aromatic rings. The second-order valence-corrected chi connectivity index (χ2v) is 7.15. The molecule has 1 unspecified atom stereocenters. The van der Waals surface area contributed by atoms with Gasteiger partial charge in [0.15, 0.2) is 0 Å². The van der Waals surface area contributed by atoms with Crippen molar-refractivity contribution >= 4 is 40.3 Å². The highest BCUT2D eigenvalue weighted by Gasteiger charge is 2.18. The number of anilines is 1. The van der Waals surface area contributed by atoms with Gasteiger partial charge in [-0.25, -0.2) is 19.0 Å². The summed E-state index contributed by atoms with van der Waals surface area (Å²) in [7, 11) is 1.51. The number of fused-ring (bicyclic) bond motifs is 1. The quantitative estimate of drug-likeness (QED) is 0.582. The van der Waals surface area contributed by atoms with Crippen LogP contribution in [0.2, 0.25) is 5.02 Å². The lowest BCUT2D eigenvalue weighted by Gasteiger charge is -2.25. The van der Waals surface area contributed by atoms with Gasteiger partial charge in [-0.05, 0) is 30.0 Å². The van der Waals surface area contributed by atoms with Gasteiger partial charge in [0.2, 0.25) is 0 Å². The fourth-order valence-corrected chi connectivity index (χ4v) is 2.92. The summed E-state index contributed by atoms with van der Waals surface area (Å²) >= 11 is 5.88. The Hall–Kier alpha value is -3.39. The highest BCUT2D eigenvalue weighted by molar-refractivity contribution is 6.31. The van der Waals surface area contributed by atoms with Gasteiger partial charge in [-0.2, -0.15) is 0 Å². The second kappa shape index (κ2) is 10.1. The third-order valence-corrected chi connectivity index (χ3v) is 5.02. The molecule has 0 saturated heterocycles. The lowest BCUT2D eigenvalue weighted by atomic mass is 10.2. The molecule has 3 amide bonds. The molecule has 0 fully saturated rings. The van der Waals surface area contributed by atoms with Crippen molar-refractivity contribution in [2.24, 2.45) is 0 Å². The Bertz CT molecular complexity index is 1100. The smallest absolute Gasteiger partial charge is 0.412 e. The minimum Gasteiger partial charge on any atom is -0.447 e. The van der Waals surface area contributed by atoms with Crippen molar-refractivity contribution < 1.29 is 18.7 Å². The summed E-state index contributed by atoms with van der Waals surface area (Å²) in [4.78, 5) is 29.8. The van der Waals surface area contributed by atoms with Crippen molar-refractivity contribution in [3.8, 4) is 0 Å². The number of nitrogens with zero attached hydrogens (tertiary/aromatic N) is 2. The third kappa shape index (κ3) is 5.82. The number of hydrogen-bond acceptors (Lipinski definition) is 4. The standard InChI is InChI=1S/C22H21ClFN4O3/c1-14(28(2)21(29)26-12-17-8-5-9-18(24)20(17)23)13-31-22(30)27-19-10-15-6-3-4-7-16(15)11-25-19/h3-11,14H,1,12-13H2,2H3,(H,26,29)(H,25,27,30). The summed E-state index contributed by atoms with van der Waals surface area (Å²) in [6, 6.07) is 12.6. The van der Waals surface area contributed by atoms with Crippen molar-refractivity contribution in [1.82, 2.24) is 15.2 Å². The van der Waals surface area contributed by atoms with Gasteiger partial charge in [-0.3, -0.25) is 5.32 Å². The van der Waals surface area contributed by atoms with Crippen LogP contribution in [0.15, 0.2) is 54.7 Å². The maximum absolute atomic E-state index is 13.5. The van der Waals surface area contributed by atoms with Crippen molar-refractivity contribution in [2.75, 3.05) is 19.0 Å². The monoisotopic (exact) mass is 443 g/mol. The van der Waals surface area contributed by atoms with E-state index in [0.717, 1.165) is 10.8 Å². The lowest BCUT2D eigenvalue weighted by molar-refractivity contribution is 0.129. The number of halogens is 2. The van der Waals surface area contributed by atoms with E-state index in [-0.39, 0.29) is 18.2 Å². The minimum absolute atomic E-state index is 0.0427. The van der Waals surface area contributed by atoms with Gasteiger partial charge in [0.1, 0.15) is 18.2 Å². The number of likely N-dealkylation sites (N-methyl/N-ethyl adjacent to an activating group) is 1. The van der Waals surface area contributed by atoms with Crippen LogP contribution in [0.4, 0.5) is 19.8 Å². The van der Waals surface area contributed by atoms with Gasteiger partial charge in [0.25, 0.3) is 0 Å². The zero-order valence-electron chi connectivity index (χ0n) is 16.8. The number of nitrogens with one attached hydrogen (secondary N) is 2. The predicted molar refractivity (Wildman–Crippen MR) is 117 cm³/mol. The van der Waals surface area contributed by atoms with Gasteiger partial charge >= 0.3 is 12.1 Å². The number of aromatic nitrogens is 1. The average Bonchev–Trinajstić information content (AvgIpc) is 2.77. The topological polar surface area (TPSA) is 83.6 Å². The summed E-state index contributed by atoms with van der Waals surface area (Å²) in [6.45, 7) is 3.73. The van der Waals surface area contributed by atoms with Crippen LogP contribution in [0.1, 0.15) is 5.56 Å². The predicted octanol–water partition coefficient (Wildman–Crippen LogP) is 4.62. The summed E-state index contributed by atoms with van der Waals surface area (Å²) in [5.74, 6) is -0.209. The Morgan fingerprint density at radius 1 is 1.23 bits per heavy atom. The van der Waals surface area contributed by atoms with Crippen LogP contribution in [0.3, 0.4) is 0 Å². The number of ether oxygens (including phenoxy) is 1. The Morgan fingerprint density at radius 3 is 2.74 bits per heavy atom. The van der Waals surface area contributed by atoms with E-state index in [1.807, 2.05) is 24.3 Å². The van der Waals surface area contributed by atoms with Gasteiger partial charge in [0, 0.05) is 25.2 Å². The van der Waals surface area contributed by atoms with E-state index in [0.29, 0.717) is 11.4 Å². The largest absolute Gasteiger partial charge is 0.447 e. The Kier molecular flexibility index (Phi) is 7.25. The van der Waals surface area contributed by atoms with Crippen LogP contribution in [0.5, 0.6) is 0 Å². The van der Waals surface area contributed by atoms with Crippen LogP contribution in [-0.4, -0.2) is 41.7 Å². The van der Waals surface area contributed by atoms with E-state index in [4.69, 9.17) is 16.3 Å². The molecule has 2 aromatic carbocycles. The molecule has 0 aliphatic rings. The van der Waals surface area contributed by atoms with Crippen molar-refractivity contribution in [2.45, 2.75) is 12.6 Å². The zero-order valence-corrected chi connectivity index (χ0v) is 17.5. The fourth-order valence-electron chi connectivity index (χ4n) is 2.72. The van der Waals surface area contributed by atoms with Gasteiger partial charge < -0.3 is 15.0 Å². The molecule has 0 aliphatic carbocycles. The van der Waals surface area contributed by atoms with Crippen molar-refractivity contribution in [3.05, 3.63) is 78.1 Å². The van der Waals surface area contributed by atoms with E-state index < -0.39 is 24.0 Å². The molecule has 1 radical (unpaired) electrons. The first-order valence-electron chi connectivity index (χ1n) is 9.40. The molecule has 0 spiro atoms. The van der Waals surface area contributed by atoms with Gasteiger partial charge in [-0.1, -0.05) is 48.0 Å². The first kappa shape index (κ1) is 22.3. The van der Waals surface area contributed by atoms with Gasteiger partial charge in [-0.15, -0.1) is 0 Å². The number of carbonyl (C=O) groups is 2. The van der Waals surface area contributed by atoms with Crippen LogP contribution in [0.25, 0.3) is 10.8 Å². The summed E-state index contributed by atoms with van der Waals surface area (Å²) in [5, 5.41) is 7.00. The van der Waals surface area contributed by atoms with Gasteiger partial charge in [0.05, 0.1) is 11.1 Å². The lowest BCUT2D eigenvalue weighted by Crippen LogP contribution is -2.44. The molecule has 2 N–H and O–H groups in total. The maximum Gasteiger partial charge on any atom is 0.412 e. The summed E-state index contributed by atoms with van der Waals surface area (Å²) in [6.07, 6.45) is 0.940. The van der Waals surface area contributed by atoms with E-state index in [2.05, 4.69) is 22.5 Å². The highest BCUT2D eigenvalue weighted by atomic mass is 35.5. The molecule has 9 heteroatoms. The molecule has 31 heavy (non-hydrogen) atoms. The molecule has 1 heterocycles. The Morgan fingerprint density at radius 2 is 1.97 bits per heavy atom. The van der Waals surface area contributed by atoms with E-state index in [9.17, 15) is 14.0 Å². The SMILES string of the molecule is [CH2]C(COC(=O)Nc1cc2ccccc2cn1)N(C)C(=O)NCc1cccc(F)c1Cl. The summed E-state index contributed by atoms with van der Waals surface area (Å²) < 4.78 is 18.6. The number of pyridine rings is 1. The Balaban J connectivity index is 1.47. The first-order chi connectivity index (χ1) is 14.8. The van der Waals surface area contributed by atoms with Crippen LogP contribution >= 0.6 is 11.6 Å². The normalized spacial score (nSPS) is 11.6. The number of carbonyl (C=O) groups excluding carboxylic acids is 2. The molecule has 0 aliphatic heterocycles. The fraction of sp³-hybridized carbons (Fsp3) is 0.182. The molecule has 0 saturated carbocycles. The zero-order chi connectivity index (χ0) is 22.4. The average molecular weight is 444 g/mol. The molecule has 161 valence electrons. The van der Waals surface area contributed by atoms with Crippen molar-refractivity contribution in [3.63, 3.8) is 0 Å². The van der Waals surface area contributed by atoms with Crippen LogP contribution in [0, 0.1) is 12.7 Å². The molecule has 1 aromatic heterocycles.